The van der Waals surface area contributed by atoms with Gasteiger partial charge in [-0.2, -0.15) is 0 Å². The molecule has 35 heavy (non-hydrogen) atoms. The van der Waals surface area contributed by atoms with Crippen LogP contribution in [0.4, 0.5) is 9.59 Å². The summed E-state index contributed by atoms with van der Waals surface area (Å²) in [6, 6.07) is 7.03. The molecule has 1 rings (SSSR count). The van der Waals surface area contributed by atoms with Crippen molar-refractivity contribution in [2.24, 2.45) is 0 Å². The van der Waals surface area contributed by atoms with Gasteiger partial charge in [0.15, 0.2) is 0 Å². The number of rotatable bonds is 13. The molecule has 0 radical (unpaired) electrons. The maximum Gasteiger partial charge on any atom is 0.429 e. The van der Waals surface area contributed by atoms with Crippen molar-refractivity contribution < 1.29 is 43.2 Å². The molecule has 11 heteroatoms. The predicted molar refractivity (Wildman–Crippen MR) is 126 cm³/mol. The summed E-state index contributed by atoms with van der Waals surface area (Å²) in [5.74, 6) is -0.701. The zero-order chi connectivity index (χ0) is 26.4. The zero-order valence-electron chi connectivity index (χ0n) is 20.8. The van der Waals surface area contributed by atoms with E-state index in [1.807, 2.05) is 0 Å². The van der Waals surface area contributed by atoms with Crippen molar-refractivity contribution in [3.8, 4) is 0 Å². The molecule has 0 heterocycles. The van der Waals surface area contributed by atoms with Gasteiger partial charge in [-0.05, 0) is 52.3 Å². The van der Waals surface area contributed by atoms with E-state index in [1.54, 1.807) is 58.0 Å². The first-order valence-electron chi connectivity index (χ1n) is 11.2. The zero-order valence-corrected chi connectivity index (χ0v) is 20.8. The van der Waals surface area contributed by atoms with Gasteiger partial charge in [0.25, 0.3) is 0 Å². The second-order valence-electron chi connectivity index (χ2n) is 8.00. The van der Waals surface area contributed by atoms with Crippen LogP contribution in [0.25, 0.3) is 0 Å². The molecule has 0 bridgehead atoms. The summed E-state index contributed by atoms with van der Waals surface area (Å²) in [5, 5.41) is 12.0. The van der Waals surface area contributed by atoms with Crippen LogP contribution < -0.4 is 5.43 Å². The first-order valence-corrected chi connectivity index (χ1v) is 11.2. The lowest BCUT2D eigenvalue weighted by Crippen LogP contribution is -2.59. The number of hydrogen-bond acceptors (Lipinski definition) is 9. The summed E-state index contributed by atoms with van der Waals surface area (Å²) >= 11 is 0. The van der Waals surface area contributed by atoms with Crippen molar-refractivity contribution in [2.45, 2.75) is 64.6 Å². The van der Waals surface area contributed by atoms with E-state index in [1.165, 1.54) is 13.2 Å². The van der Waals surface area contributed by atoms with Crippen LogP contribution in [0.1, 0.15) is 44.5 Å². The summed E-state index contributed by atoms with van der Waals surface area (Å²) in [6.45, 7) is 10.2. The molecule has 2 N–H and O–H groups in total. The molecule has 0 saturated heterocycles. The largest absolute Gasteiger partial charge is 0.452 e. The summed E-state index contributed by atoms with van der Waals surface area (Å²) < 4.78 is 25.9. The average Bonchev–Trinajstić information content (AvgIpc) is 2.80. The minimum absolute atomic E-state index is 0.00685. The normalized spacial score (nSPS) is 13.5. The lowest BCUT2D eigenvalue weighted by molar-refractivity contribution is -0.0702. The summed E-state index contributed by atoms with van der Waals surface area (Å²) in [4.78, 5) is 37.8. The van der Waals surface area contributed by atoms with Crippen molar-refractivity contribution in [1.29, 1.82) is 0 Å². The number of methoxy groups -OCH3 is 1. The van der Waals surface area contributed by atoms with Crippen LogP contribution in [0.3, 0.4) is 0 Å². The number of carbonyl (C=O) groups is 3. The van der Waals surface area contributed by atoms with Gasteiger partial charge in [-0.25, -0.2) is 24.8 Å². The third-order valence-corrected chi connectivity index (χ3v) is 4.39. The van der Waals surface area contributed by atoms with Crippen LogP contribution in [0.5, 0.6) is 0 Å². The fourth-order valence-corrected chi connectivity index (χ4v) is 2.90. The summed E-state index contributed by atoms with van der Waals surface area (Å²) in [6.07, 6.45) is -4.42. The van der Waals surface area contributed by atoms with Crippen LogP contribution in [-0.2, 0) is 23.7 Å². The molecule has 0 saturated carbocycles. The van der Waals surface area contributed by atoms with E-state index in [-0.39, 0.29) is 25.4 Å². The maximum atomic E-state index is 12.9. The molecular formula is C24H36N2O9. The van der Waals surface area contributed by atoms with Gasteiger partial charge >= 0.3 is 18.2 Å². The molecule has 0 aliphatic heterocycles. The van der Waals surface area contributed by atoms with Gasteiger partial charge in [0.2, 0.25) is 0 Å². The Labute approximate surface area is 205 Å². The Kier molecular flexibility index (Phi) is 13.4. The molecule has 1 aromatic carbocycles. The molecule has 196 valence electrons. The predicted octanol–water partition coefficient (Wildman–Crippen LogP) is 3.03. The highest BCUT2D eigenvalue weighted by Gasteiger charge is 2.38. The monoisotopic (exact) mass is 496 g/mol. The summed E-state index contributed by atoms with van der Waals surface area (Å²) in [5.41, 5.74) is 2.58. The first kappa shape index (κ1) is 29.9. The van der Waals surface area contributed by atoms with Crippen molar-refractivity contribution in [1.82, 2.24) is 10.4 Å². The van der Waals surface area contributed by atoms with Crippen molar-refractivity contribution in [3.05, 3.63) is 48.6 Å². The van der Waals surface area contributed by atoms with Gasteiger partial charge in [-0.1, -0.05) is 24.8 Å². The van der Waals surface area contributed by atoms with Gasteiger partial charge in [0.1, 0.15) is 19.0 Å². The molecule has 2 amide bonds. The molecule has 1 aromatic rings. The van der Waals surface area contributed by atoms with Gasteiger partial charge in [-0.15, -0.1) is 0 Å². The number of amides is 2. The van der Waals surface area contributed by atoms with E-state index >= 15 is 0 Å². The lowest BCUT2D eigenvalue weighted by atomic mass is 10.0. The number of hydrazine groups is 1. The molecular weight excluding hydrogens is 460 g/mol. The molecule has 0 spiro atoms. The van der Waals surface area contributed by atoms with Crippen molar-refractivity contribution >= 4 is 18.2 Å². The van der Waals surface area contributed by atoms with Crippen molar-refractivity contribution in [3.63, 3.8) is 0 Å². The number of benzene rings is 1. The van der Waals surface area contributed by atoms with E-state index < -0.39 is 48.6 Å². The Morgan fingerprint density at radius 3 is 2.23 bits per heavy atom. The fourth-order valence-electron chi connectivity index (χ4n) is 2.90. The quantitative estimate of drug-likeness (QED) is 0.106. The van der Waals surface area contributed by atoms with Gasteiger partial charge in [0, 0.05) is 7.11 Å². The topological polar surface area (TPSA) is 133 Å². The molecule has 11 nitrogen and oxygen atoms in total. The second kappa shape index (κ2) is 15.7. The SMILES string of the molecule is C=C[C@H](OC(=O)c1ccccc1)[C@H](O)[C@@H](CCOCOC)N(NC(=O)OC(C)C)C(=O)OC(C)C. The standard InChI is InChI=1S/C24H36N2O9/c1-7-20(35-22(28)18-11-9-8-10-12-18)21(27)19(13-14-32-15-31-6)26(24(30)34-17(4)5)25-23(29)33-16(2)3/h7-12,16-17,19-21,27H,1,13-15H2,2-6H3,(H,25,29)/t19-,20+,21-/m1/s1. The van der Waals surface area contributed by atoms with Crippen LogP contribution in [0.15, 0.2) is 43.0 Å². The first-order chi connectivity index (χ1) is 16.6. The smallest absolute Gasteiger partial charge is 0.429 e. The third-order valence-electron chi connectivity index (χ3n) is 4.39. The number of hydrogen-bond donors (Lipinski definition) is 2. The number of ether oxygens (including phenoxy) is 5. The number of nitrogens with zero attached hydrogens (tertiary/aromatic N) is 1. The van der Waals surface area contributed by atoms with Gasteiger partial charge in [-0.3, -0.25) is 0 Å². The molecule has 0 unspecified atom stereocenters. The van der Waals surface area contributed by atoms with Crippen LogP contribution in [0, 0.1) is 0 Å². The molecule has 3 atom stereocenters. The van der Waals surface area contributed by atoms with Crippen molar-refractivity contribution in [2.75, 3.05) is 20.5 Å². The Balaban J connectivity index is 3.22. The van der Waals surface area contributed by atoms with E-state index in [4.69, 9.17) is 23.7 Å². The Morgan fingerprint density at radius 1 is 1.06 bits per heavy atom. The third kappa shape index (κ3) is 10.8. The van der Waals surface area contributed by atoms with E-state index in [0.29, 0.717) is 0 Å². The van der Waals surface area contributed by atoms with Crippen LogP contribution in [-0.4, -0.2) is 79.2 Å². The highest BCUT2D eigenvalue weighted by Crippen LogP contribution is 2.18. The van der Waals surface area contributed by atoms with E-state index in [0.717, 1.165) is 5.01 Å². The number of aliphatic hydroxyl groups excluding tert-OH is 1. The molecule has 0 fully saturated rings. The molecule has 0 aliphatic rings. The van der Waals surface area contributed by atoms with Gasteiger partial charge in [0.05, 0.1) is 30.4 Å². The fraction of sp³-hybridized carbons (Fsp3) is 0.542. The molecule has 0 aliphatic carbocycles. The maximum absolute atomic E-state index is 12.9. The van der Waals surface area contributed by atoms with E-state index in [9.17, 15) is 19.5 Å². The number of nitrogens with one attached hydrogen (secondary N) is 1. The van der Waals surface area contributed by atoms with Crippen LogP contribution in [0.2, 0.25) is 0 Å². The highest BCUT2D eigenvalue weighted by atomic mass is 16.7. The minimum atomic E-state index is -1.52. The Hall–Kier alpha value is -3.15. The van der Waals surface area contributed by atoms with E-state index in [2.05, 4.69) is 12.0 Å². The molecule has 0 aromatic heterocycles. The number of aliphatic hydroxyl groups is 1. The minimum Gasteiger partial charge on any atom is -0.452 e. The Bertz CT molecular complexity index is 801. The highest BCUT2D eigenvalue weighted by molar-refractivity contribution is 5.89. The Morgan fingerprint density at radius 2 is 1.69 bits per heavy atom. The number of esters is 1. The second-order valence-corrected chi connectivity index (χ2v) is 8.00. The summed E-state index contributed by atoms with van der Waals surface area (Å²) in [7, 11) is 1.44. The van der Waals surface area contributed by atoms with Gasteiger partial charge < -0.3 is 28.8 Å². The van der Waals surface area contributed by atoms with Crippen LogP contribution >= 0.6 is 0 Å². The number of carbonyl (C=O) groups excluding carboxylic acids is 3. The average molecular weight is 497 g/mol. The lowest BCUT2D eigenvalue weighted by Gasteiger charge is -2.36.